The highest BCUT2D eigenvalue weighted by Crippen LogP contribution is 2.32. The summed E-state index contributed by atoms with van der Waals surface area (Å²) in [4.78, 5) is 9.29. The molecule has 1 heterocycles. The van der Waals surface area contributed by atoms with Crippen molar-refractivity contribution >= 4 is 0 Å². The third-order valence-corrected chi connectivity index (χ3v) is 5.01. The van der Waals surface area contributed by atoms with Crippen molar-refractivity contribution < 1.29 is 0 Å². The molecule has 0 saturated heterocycles. The van der Waals surface area contributed by atoms with E-state index in [9.17, 15) is 0 Å². The molecule has 0 saturated carbocycles. The maximum Gasteiger partial charge on any atom is 0.134 e. The average Bonchev–Trinajstić information content (AvgIpc) is 2.45. The Bertz CT molecular complexity index is 322. The molecular weight excluding hydrogens is 220 g/mol. The van der Waals surface area contributed by atoms with Gasteiger partial charge in [0, 0.05) is 17.8 Å². The van der Waals surface area contributed by atoms with Gasteiger partial charge < -0.3 is 0 Å². The van der Waals surface area contributed by atoms with Crippen molar-refractivity contribution in [2.75, 3.05) is 0 Å². The van der Waals surface area contributed by atoms with Crippen molar-refractivity contribution in [3.8, 4) is 0 Å². The van der Waals surface area contributed by atoms with Crippen LogP contribution in [0.5, 0.6) is 0 Å². The highest BCUT2D eigenvalue weighted by Gasteiger charge is 2.27. The minimum atomic E-state index is 0.118. The first-order chi connectivity index (χ1) is 8.45. The molecule has 2 nitrogen and oxygen atoms in total. The molecule has 0 spiro atoms. The Balaban J connectivity index is 3.06. The molecule has 1 rings (SSSR count). The SMILES string of the molecule is CCC(C)(CC)c1cnc(C(C)(CC)CC)nc1. The summed E-state index contributed by atoms with van der Waals surface area (Å²) in [5.74, 6) is 0.991. The lowest BCUT2D eigenvalue weighted by Crippen LogP contribution is -2.25. The first-order valence-corrected chi connectivity index (χ1v) is 7.28. The fourth-order valence-electron chi connectivity index (χ4n) is 2.18. The van der Waals surface area contributed by atoms with Crippen LogP contribution in [0.3, 0.4) is 0 Å². The lowest BCUT2D eigenvalue weighted by atomic mass is 9.79. The van der Waals surface area contributed by atoms with Gasteiger partial charge in [-0.3, -0.25) is 0 Å². The highest BCUT2D eigenvalue weighted by molar-refractivity contribution is 5.19. The van der Waals surface area contributed by atoms with E-state index < -0.39 is 0 Å². The molecule has 0 aromatic carbocycles. The van der Waals surface area contributed by atoms with Gasteiger partial charge in [0.15, 0.2) is 0 Å². The molecule has 2 heteroatoms. The summed E-state index contributed by atoms with van der Waals surface area (Å²) < 4.78 is 0. The second kappa shape index (κ2) is 5.81. The molecular formula is C16H28N2. The Morgan fingerprint density at radius 1 is 0.778 bits per heavy atom. The topological polar surface area (TPSA) is 25.8 Å². The van der Waals surface area contributed by atoms with Crippen LogP contribution < -0.4 is 0 Å². The Morgan fingerprint density at radius 3 is 1.50 bits per heavy atom. The standard InChI is InChI=1S/C16H28N2/c1-7-15(5,8-2)13-11-17-14(18-12-13)16(6,9-3)10-4/h11-12H,7-10H2,1-6H3. The summed E-state index contributed by atoms with van der Waals surface area (Å²) in [5, 5.41) is 0. The number of hydrogen-bond acceptors (Lipinski definition) is 2. The minimum absolute atomic E-state index is 0.118. The fourth-order valence-corrected chi connectivity index (χ4v) is 2.18. The zero-order valence-electron chi connectivity index (χ0n) is 12.9. The fraction of sp³-hybridized carbons (Fsp3) is 0.750. The lowest BCUT2D eigenvalue weighted by molar-refractivity contribution is 0.403. The molecule has 0 aliphatic heterocycles. The van der Waals surface area contributed by atoms with E-state index in [2.05, 4.69) is 51.5 Å². The summed E-state index contributed by atoms with van der Waals surface area (Å²) in [6, 6.07) is 0. The van der Waals surface area contributed by atoms with Gasteiger partial charge in [-0.2, -0.15) is 0 Å². The molecule has 102 valence electrons. The Hall–Kier alpha value is -0.920. The minimum Gasteiger partial charge on any atom is -0.240 e. The van der Waals surface area contributed by atoms with Crippen LogP contribution >= 0.6 is 0 Å². The maximum absolute atomic E-state index is 4.64. The van der Waals surface area contributed by atoms with Crippen molar-refractivity contribution in [1.29, 1.82) is 0 Å². The summed E-state index contributed by atoms with van der Waals surface area (Å²) in [6.45, 7) is 13.4. The van der Waals surface area contributed by atoms with Gasteiger partial charge in [0.25, 0.3) is 0 Å². The zero-order chi connectivity index (χ0) is 13.8. The van der Waals surface area contributed by atoms with Crippen molar-refractivity contribution in [3.05, 3.63) is 23.8 Å². The summed E-state index contributed by atoms with van der Waals surface area (Å²) in [6.07, 6.45) is 8.51. The van der Waals surface area contributed by atoms with Crippen LogP contribution in [0.25, 0.3) is 0 Å². The highest BCUT2D eigenvalue weighted by atomic mass is 14.9. The predicted octanol–water partition coefficient (Wildman–Crippen LogP) is 4.63. The van der Waals surface area contributed by atoms with Crippen molar-refractivity contribution in [1.82, 2.24) is 9.97 Å². The molecule has 0 atom stereocenters. The summed E-state index contributed by atoms with van der Waals surface area (Å²) >= 11 is 0. The first-order valence-electron chi connectivity index (χ1n) is 7.28. The van der Waals surface area contributed by atoms with E-state index in [4.69, 9.17) is 0 Å². The van der Waals surface area contributed by atoms with Gasteiger partial charge in [0.2, 0.25) is 0 Å². The number of rotatable bonds is 6. The second-order valence-corrected chi connectivity index (χ2v) is 5.83. The van der Waals surface area contributed by atoms with Crippen molar-refractivity contribution in [3.63, 3.8) is 0 Å². The van der Waals surface area contributed by atoms with Crippen LogP contribution in [-0.2, 0) is 10.8 Å². The molecule has 0 aliphatic rings. The van der Waals surface area contributed by atoms with Gasteiger partial charge in [-0.15, -0.1) is 0 Å². The Labute approximate surface area is 112 Å². The predicted molar refractivity (Wildman–Crippen MR) is 77.9 cm³/mol. The second-order valence-electron chi connectivity index (χ2n) is 5.83. The largest absolute Gasteiger partial charge is 0.240 e. The van der Waals surface area contributed by atoms with Gasteiger partial charge in [-0.25, -0.2) is 9.97 Å². The monoisotopic (exact) mass is 248 g/mol. The Morgan fingerprint density at radius 2 is 1.17 bits per heavy atom. The van der Waals surface area contributed by atoms with Gasteiger partial charge >= 0.3 is 0 Å². The molecule has 0 aliphatic carbocycles. The lowest BCUT2D eigenvalue weighted by Gasteiger charge is -2.29. The molecule has 0 bridgehead atoms. The number of nitrogens with zero attached hydrogens (tertiary/aromatic N) is 2. The summed E-state index contributed by atoms with van der Waals surface area (Å²) in [5.41, 5.74) is 1.60. The van der Waals surface area contributed by atoms with Crippen molar-refractivity contribution in [2.45, 2.75) is 78.1 Å². The molecule has 1 aromatic heterocycles. The Kier molecular flexibility index (Phi) is 4.89. The summed E-state index contributed by atoms with van der Waals surface area (Å²) in [7, 11) is 0. The van der Waals surface area contributed by atoms with Crippen LogP contribution in [0, 0.1) is 0 Å². The molecule has 0 amide bonds. The molecule has 0 N–H and O–H groups in total. The third kappa shape index (κ3) is 2.73. The van der Waals surface area contributed by atoms with Crippen LogP contribution in [0.2, 0.25) is 0 Å². The van der Waals surface area contributed by atoms with Gasteiger partial charge in [0.1, 0.15) is 5.82 Å². The normalized spacial score (nSPS) is 12.8. The quantitative estimate of drug-likeness (QED) is 0.733. The van der Waals surface area contributed by atoms with Crippen molar-refractivity contribution in [2.24, 2.45) is 0 Å². The van der Waals surface area contributed by atoms with E-state index in [0.717, 1.165) is 31.5 Å². The third-order valence-electron chi connectivity index (χ3n) is 5.01. The van der Waals surface area contributed by atoms with Gasteiger partial charge in [-0.1, -0.05) is 41.5 Å². The van der Waals surface area contributed by atoms with Crippen LogP contribution in [0.4, 0.5) is 0 Å². The van der Waals surface area contributed by atoms with Crippen LogP contribution in [0.1, 0.15) is 78.6 Å². The average molecular weight is 248 g/mol. The zero-order valence-corrected chi connectivity index (χ0v) is 12.9. The van der Waals surface area contributed by atoms with Gasteiger partial charge in [0.05, 0.1) is 0 Å². The maximum atomic E-state index is 4.64. The van der Waals surface area contributed by atoms with E-state index in [1.807, 2.05) is 12.4 Å². The van der Waals surface area contributed by atoms with Gasteiger partial charge in [-0.05, 0) is 36.7 Å². The number of aromatic nitrogens is 2. The molecule has 0 unspecified atom stereocenters. The molecule has 0 fully saturated rings. The van der Waals surface area contributed by atoms with E-state index in [-0.39, 0.29) is 10.8 Å². The van der Waals surface area contributed by atoms with Crippen LogP contribution in [-0.4, -0.2) is 9.97 Å². The molecule has 18 heavy (non-hydrogen) atoms. The van der Waals surface area contributed by atoms with Crippen LogP contribution in [0.15, 0.2) is 12.4 Å². The molecule has 1 aromatic rings. The van der Waals surface area contributed by atoms with E-state index in [0.29, 0.717) is 0 Å². The molecule has 0 radical (unpaired) electrons. The smallest absolute Gasteiger partial charge is 0.134 e. The van der Waals surface area contributed by atoms with E-state index in [1.165, 1.54) is 5.56 Å². The number of hydrogen-bond donors (Lipinski definition) is 0. The van der Waals surface area contributed by atoms with E-state index in [1.54, 1.807) is 0 Å². The first kappa shape index (κ1) is 15.1. The van der Waals surface area contributed by atoms with E-state index >= 15 is 0 Å².